The SMILES string of the molecule is O=c1/c(=C\c2ccccc2OCc2ccccc2F)sc2n1[C@@H](c1ccc(Br)cc1)C1=C(N=2)c2ccccc2CC1. The summed E-state index contributed by atoms with van der Waals surface area (Å²) in [6.07, 6.45) is 3.61. The minimum atomic E-state index is -0.309. The number of benzene rings is 4. The lowest BCUT2D eigenvalue weighted by Gasteiger charge is -2.30. The Morgan fingerprint density at radius 2 is 1.71 bits per heavy atom. The summed E-state index contributed by atoms with van der Waals surface area (Å²) in [6.45, 7) is 0.0917. The molecule has 0 bridgehead atoms. The molecule has 4 nitrogen and oxygen atoms in total. The summed E-state index contributed by atoms with van der Waals surface area (Å²) in [5.41, 5.74) is 6.75. The monoisotopic (exact) mass is 622 g/mol. The van der Waals surface area contributed by atoms with Crippen LogP contribution in [-0.4, -0.2) is 4.57 Å². The topological polar surface area (TPSA) is 43.6 Å². The van der Waals surface area contributed by atoms with Gasteiger partial charge in [-0.1, -0.05) is 100 Å². The van der Waals surface area contributed by atoms with Crippen molar-refractivity contribution in [3.8, 4) is 5.75 Å². The molecule has 2 aliphatic rings. The van der Waals surface area contributed by atoms with Gasteiger partial charge in [0.05, 0.1) is 16.3 Å². The van der Waals surface area contributed by atoms with Crippen molar-refractivity contribution < 1.29 is 9.13 Å². The van der Waals surface area contributed by atoms with E-state index in [0.717, 1.165) is 39.7 Å². The average Bonchev–Trinajstić information content (AvgIpc) is 3.31. The van der Waals surface area contributed by atoms with Crippen LogP contribution in [0.2, 0.25) is 0 Å². The fourth-order valence-electron chi connectivity index (χ4n) is 5.61. The molecule has 0 spiro atoms. The van der Waals surface area contributed by atoms with Gasteiger partial charge in [-0.2, -0.15) is 0 Å². The van der Waals surface area contributed by atoms with Gasteiger partial charge in [-0.3, -0.25) is 9.36 Å². The number of aryl methyl sites for hydroxylation is 1. The molecule has 7 rings (SSSR count). The normalized spacial score (nSPS) is 16.0. The molecule has 0 saturated heterocycles. The predicted octanol–water partition coefficient (Wildman–Crippen LogP) is 6.80. The molecule has 1 aliphatic heterocycles. The molecule has 0 saturated carbocycles. The van der Waals surface area contributed by atoms with Crippen molar-refractivity contribution in [1.29, 1.82) is 0 Å². The third kappa shape index (κ3) is 4.79. The van der Waals surface area contributed by atoms with Crippen molar-refractivity contribution in [2.75, 3.05) is 0 Å². The number of ether oxygens (including phenoxy) is 1. The number of halogens is 2. The second-order valence-corrected chi connectivity index (χ2v) is 12.0. The summed E-state index contributed by atoms with van der Waals surface area (Å²) in [4.78, 5) is 19.9. The van der Waals surface area contributed by atoms with E-state index in [9.17, 15) is 9.18 Å². The maximum atomic E-state index is 14.2. The summed E-state index contributed by atoms with van der Waals surface area (Å²) in [7, 11) is 0. The van der Waals surface area contributed by atoms with Crippen molar-refractivity contribution >= 4 is 39.0 Å². The molecule has 0 N–H and O–H groups in total. The Balaban J connectivity index is 1.36. The Bertz CT molecular complexity index is 2010. The summed E-state index contributed by atoms with van der Waals surface area (Å²) < 4.78 is 23.6. The van der Waals surface area contributed by atoms with Crippen molar-refractivity contribution in [3.05, 3.63) is 160 Å². The number of nitrogens with zero attached hydrogens (tertiary/aromatic N) is 2. The number of para-hydroxylation sites is 1. The lowest BCUT2D eigenvalue weighted by molar-refractivity contribution is 0.299. The molecule has 0 radical (unpaired) electrons. The van der Waals surface area contributed by atoms with E-state index in [1.807, 2.05) is 53.1 Å². The molecule has 2 heterocycles. The van der Waals surface area contributed by atoms with E-state index in [-0.39, 0.29) is 24.0 Å². The van der Waals surface area contributed by atoms with Gasteiger partial charge in [0.1, 0.15) is 18.2 Å². The van der Waals surface area contributed by atoms with Crippen LogP contribution in [0.1, 0.15) is 40.3 Å². The molecule has 4 aromatic carbocycles. The largest absolute Gasteiger partial charge is 0.488 e. The zero-order chi connectivity index (χ0) is 27.9. The van der Waals surface area contributed by atoms with E-state index in [1.165, 1.54) is 28.5 Å². The van der Waals surface area contributed by atoms with Gasteiger partial charge in [0.2, 0.25) is 0 Å². The quantitative estimate of drug-likeness (QED) is 0.216. The number of rotatable bonds is 5. The lowest BCUT2D eigenvalue weighted by atomic mass is 9.83. The highest BCUT2D eigenvalue weighted by Gasteiger charge is 2.32. The van der Waals surface area contributed by atoms with Crippen molar-refractivity contribution in [2.24, 2.45) is 4.99 Å². The van der Waals surface area contributed by atoms with Crippen LogP contribution in [0, 0.1) is 5.82 Å². The van der Waals surface area contributed by atoms with Gasteiger partial charge in [-0.15, -0.1) is 0 Å². The highest BCUT2D eigenvalue weighted by atomic mass is 79.9. The Kier molecular flexibility index (Phi) is 6.77. The van der Waals surface area contributed by atoms with E-state index in [2.05, 4.69) is 46.3 Å². The first-order valence-electron chi connectivity index (χ1n) is 13.4. The molecule has 0 amide bonds. The fraction of sp³-hybridized carbons (Fsp3) is 0.118. The molecule has 202 valence electrons. The smallest absolute Gasteiger partial charge is 0.271 e. The standard InChI is InChI=1S/C34H24BrFN2O2S/c35-25-16-13-22(14-17-25)32-27-18-15-21-7-1-4-10-26(21)31(27)37-34-38(32)33(39)30(41-34)19-23-8-3-6-12-29(23)40-20-24-9-2-5-11-28(24)36/h1-14,16-17,19,32H,15,18,20H2/b30-19+/t32-/m0/s1. The molecule has 1 atom stereocenters. The van der Waals surface area contributed by atoms with Gasteiger partial charge in [-0.25, -0.2) is 9.38 Å². The van der Waals surface area contributed by atoms with Gasteiger partial charge < -0.3 is 4.74 Å². The molecule has 7 heteroatoms. The molecule has 1 aliphatic carbocycles. The Hall–Kier alpha value is -4.07. The zero-order valence-electron chi connectivity index (χ0n) is 21.9. The molecule has 1 aromatic heterocycles. The third-order valence-corrected chi connectivity index (χ3v) is 9.12. The van der Waals surface area contributed by atoms with Crippen LogP contribution in [0.3, 0.4) is 0 Å². The van der Waals surface area contributed by atoms with E-state index < -0.39 is 0 Å². The second kappa shape index (κ2) is 10.7. The Labute approximate surface area is 248 Å². The van der Waals surface area contributed by atoms with Crippen LogP contribution in [0.5, 0.6) is 5.75 Å². The van der Waals surface area contributed by atoms with Crippen LogP contribution < -0.4 is 19.6 Å². The lowest BCUT2D eigenvalue weighted by Crippen LogP contribution is -2.38. The number of aromatic nitrogens is 1. The zero-order valence-corrected chi connectivity index (χ0v) is 24.3. The van der Waals surface area contributed by atoms with Gasteiger partial charge in [-0.05, 0) is 59.9 Å². The molecule has 0 unspecified atom stereocenters. The van der Waals surface area contributed by atoms with Crippen LogP contribution in [0.15, 0.2) is 117 Å². The van der Waals surface area contributed by atoms with Gasteiger partial charge in [0.25, 0.3) is 5.56 Å². The van der Waals surface area contributed by atoms with E-state index in [4.69, 9.17) is 9.73 Å². The van der Waals surface area contributed by atoms with Crippen LogP contribution >= 0.6 is 27.3 Å². The summed E-state index contributed by atoms with van der Waals surface area (Å²) in [5.74, 6) is 0.274. The minimum Gasteiger partial charge on any atom is -0.488 e. The number of allylic oxidation sites excluding steroid dienone is 1. The predicted molar refractivity (Wildman–Crippen MR) is 164 cm³/mol. The highest BCUT2D eigenvalue weighted by Crippen LogP contribution is 2.41. The average molecular weight is 624 g/mol. The Morgan fingerprint density at radius 3 is 2.56 bits per heavy atom. The minimum absolute atomic E-state index is 0.0871. The molecule has 0 fully saturated rings. The Morgan fingerprint density at radius 1 is 0.951 bits per heavy atom. The van der Waals surface area contributed by atoms with Gasteiger partial charge in [0.15, 0.2) is 4.80 Å². The number of fused-ring (bicyclic) bond motifs is 3. The molecular weight excluding hydrogens is 599 g/mol. The van der Waals surface area contributed by atoms with Gasteiger partial charge >= 0.3 is 0 Å². The maximum Gasteiger partial charge on any atom is 0.271 e. The van der Waals surface area contributed by atoms with E-state index in [1.54, 1.807) is 18.2 Å². The maximum absolute atomic E-state index is 14.2. The first-order chi connectivity index (χ1) is 20.1. The molecule has 41 heavy (non-hydrogen) atoms. The van der Waals surface area contributed by atoms with Crippen LogP contribution in [-0.2, 0) is 13.0 Å². The second-order valence-electron chi connectivity index (χ2n) is 10.1. The summed E-state index contributed by atoms with van der Waals surface area (Å²) in [5, 5.41) is 0. The first-order valence-corrected chi connectivity index (χ1v) is 15.0. The van der Waals surface area contributed by atoms with Crippen LogP contribution in [0.25, 0.3) is 11.8 Å². The van der Waals surface area contributed by atoms with Crippen LogP contribution in [0.4, 0.5) is 4.39 Å². The van der Waals surface area contributed by atoms with E-state index in [0.29, 0.717) is 20.6 Å². The first kappa shape index (κ1) is 25.9. The number of hydrogen-bond donors (Lipinski definition) is 0. The van der Waals surface area contributed by atoms with Gasteiger partial charge in [0, 0.05) is 21.2 Å². The fourth-order valence-corrected chi connectivity index (χ4v) is 6.87. The number of hydrogen-bond acceptors (Lipinski definition) is 4. The number of thiazole rings is 1. The van der Waals surface area contributed by atoms with Crippen molar-refractivity contribution in [1.82, 2.24) is 4.57 Å². The molecule has 5 aromatic rings. The van der Waals surface area contributed by atoms with Crippen molar-refractivity contribution in [2.45, 2.75) is 25.5 Å². The summed E-state index contributed by atoms with van der Waals surface area (Å²) >= 11 is 4.93. The summed E-state index contributed by atoms with van der Waals surface area (Å²) in [6, 6.07) is 30.4. The van der Waals surface area contributed by atoms with Crippen molar-refractivity contribution in [3.63, 3.8) is 0 Å². The third-order valence-electron chi connectivity index (χ3n) is 7.61. The highest BCUT2D eigenvalue weighted by molar-refractivity contribution is 9.10. The van der Waals surface area contributed by atoms with E-state index >= 15 is 0 Å². The molecular formula is C34H24BrFN2O2S.